The quantitative estimate of drug-likeness (QED) is 0.406. The van der Waals surface area contributed by atoms with Crippen molar-refractivity contribution in [3.8, 4) is 0 Å². The minimum absolute atomic E-state index is 0.0788. The second-order valence-electron chi connectivity index (χ2n) is 6.28. The molecule has 8 nitrogen and oxygen atoms in total. The summed E-state index contributed by atoms with van der Waals surface area (Å²) in [4.78, 5) is 3.66. The maximum atomic E-state index is 5.58. The van der Waals surface area contributed by atoms with Crippen molar-refractivity contribution in [1.29, 1.82) is 0 Å². The van der Waals surface area contributed by atoms with E-state index in [0.29, 0.717) is 10.2 Å². The Bertz CT molecular complexity index is 550. The van der Waals surface area contributed by atoms with Crippen LogP contribution in [0.4, 0.5) is 0 Å². The minimum atomic E-state index is 0.0788. The van der Waals surface area contributed by atoms with Crippen LogP contribution in [0.3, 0.4) is 0 Å². The minimum Gasteiger partial charge on any atom is -0.376 e. The molecule has 0 radical (unpaired) electrons. The number of thiocarbonyl (C=S) groups is 2. The number of rotatable bonds is 10. The first-order valence-corrected chi connectivity index (χ1v) is 9.34. The Morgan fingerprint density at radius 1 is 1.04 bits per heavy atom. The van der Waals surface area contributed by atoms with Crippen LogP contribution in [-0.2, 0) is 0 Å². The first-order valence-electron chi connectivity index (χ1n) is 8.52. The number of hydrogen-bond donors (Lipinski definition) is 4. The van der Waals surface area contributed by atoms with Crippen molar-refractivity contribution in [3.05, 3.63) is 23.5 Å². The Morgan fingerprint density at radius 3 is 2.04 bits per heavy atom. The SMILES string of the molecule is CC(NCCN(C)C(N)=S)c1cnnc(C(C)NCCN(C)C(N)=S)c1. The molecule has 146 valence electrons. The molecule has 0 saturated carbocycles. The normalized spacial score (nSPS) is 13.1. The Kier molecular flexibility index (Phi) is 9.63. The van der Waals surface area contributed by atoms with Crippen molar-refractivity contribution in [2.45, 2.75) is 25.9 Å². The molecule has 0 spiro atoms. The van der Waals surface area contributed by atoms with Crippen LogP contribution in [0.2, 0.25) is 0 Å². The van der Waals surface area contributed by atoms with Gasteiger partial charge in [0.15, 0.2) is 10.2 Å². The summed E-state index contributed by atoms with van der Waals surface area (Å²) in [6.07, 6.45) is 1.78. The highest BCUT2D eigenvalue weighted by Crippen LogP contribution is 2.15. The molecule has 0 bridgehead atoms. The van der Waals surface area contributed by atoms with E-state index in [2.05, 4.69) is 40.7 Å². The van der Waals surface area contributed by atoms with Gasteiger partial charge < -0.3 is 31.9 Å². The zero-order valence-corrected chi connectivity index (χ0v) is 17.5. The van der Waals surface area contributed by atoms with Crippen LogP contribution in [0, 0.1) is 0 Å². The summed E-state index contributed by atoms with van der Waals surface area (Å²) in [5.74, 6) is 0. The van der Waals surface area contributed by atoms with Crippen molar-refractivity contribution >= 4 is 34.7 Å². The lowest BCUT2D eigenvalue weighted by molar-refractivity contribution is 0.452. The molecule has 6 N–H and O–H groups in total. The topological polar surface area (TPSA) is 108 Å². The van der Waals surface area contributed by atoms with Crippen molar-refractivity contribution in [2.75, 3.05) is 40.3 Å². The Morgan fingerprint density at radius 2 is 1.54 bits per heavy atom. The zero-order chi connectivity index (χ0) is 19.7. The van der Waals surface area contributed by atoms with E-state index in [1.54, 1.807) is 6.20 Å². The second kappa shape index (κ2) is 11.2. The smallest absolute Gasteiger partial charge is 0.166 e. The lowest BCUT2D eigenvalue weighted by Gasteiger charge is -2.21. The summed E-state index contributed by atoms with van der Waals surface area (Å²) in [7, 11) is 3.75. The van der Waals surface area contributed by atoms with Crippen LogP contribution in [-0.4, -0.2) is 70.5 Å². The highest BCUT2D eigenvalue weighted by molar-refractivity contribution is 7.80. The van der Waals surface area contributed by atoms with Gasteiger partial charge in [-0.3, -0.25) is 0 Å². The molecule has 1 aromatic rings. The fourth-order valence-electron chi connectivity index (χ4n) is 2.19. The van der Waals surface area contributed by atoms with E-state index in [1.807, 2.05) is 23.9 Å². The third kappa shape index (κ3) is 7.73. The summed E-state index contributed by atoms with van der Waals surface area (Å²) in [5.41, 5.74) is 13.1. The lowest BCUT2D eigenvalue weighted by atomic mass is 10.1. The first-order chi connectivity index (χ1) is 12.2. The van der Waals surface area contributed by atoms with Crippen molar-refractivity contribution in [1.82, 2.24) is 30.6 Å². The van der Waals surface area contributed by atoms with E-state index in [4.69, 9.17) is 35.9 Å². The maximum Gasteiger partial charge on any atom is 0.166 e. The molecule has 0 saturated heterocycles. The summed E-state index contributed by atoms with van der Waals surface area (Å²) >= 11 is 9.87. The van der Waals surface area contributed by atoms with E-state index < -0.39 is 0 Å². The fourth-order valence-corrected chi connectivity index (χ4v) is 2.37. The molecule has 10 heteroatoms. The van der Waals surface area contributed by atoms with Gasteiger partial charge in [-0.2, -0.15) is 10.2 Å². The summed E-state index contributed by atoms with van der Waals surface area (Å²) in [6.45, 7) is 7.16. The highest BCUT2D eigenvalue weighted by atomic mass is 32.1. The predicted molar refractivity (Wildman–Crippen MR) is 114 cm³/mol. The molecular weight excluding hydrogens is 368 g/mol. The molecule has 2 unspecified atom stereocenters. The molecule has 1 rings (SSSR count). The zero-order valence-electron chi connectivity index (χ0n) is 15.9. The van der Waals surface area contributed by atoms with E-state index in [9.17, 15) is 0 Å². The van der Waals surface area contributed by atoms with Crippen LogP contribution in [0.15, 0.2) is 12.3 Å². The molecule has 0 aliphatic rings. The maximum absolute atomic E-state index is 5.58. The Hall–Kier alpha value is -1.62. The van der Waals surface area contributed by atoms with Gasteiger partial charge in [-0.1, -0.05) is 0 Å². The van der Waals surface area contributed by atoms with Crippen LogP contribution in [0.5, 0.6) is 0 Å². The van der Waals surface area contributed by atoms with E-state index >= 15 is 0 Å². The number of likely N-dealkylation sites (N-methyl/N-ethyl adjacent to an activating group) is 2. The lowest BCUT2D eigenvalue weighted by Crippen LogP contribution is -2.38. The summed E-state index contributed by atoms with van der Waals surface area (Å²) in [6, 6.07) is 2.30. The monoisotopic (exact) mass is 398 g/mol. The third-order valence-corrected chi connectivity index (χ3v) is 4.81. The number of nitrogens with zero attached hydrogens (tertiary/aromatic N) is 4. The van der Waals surface area contributed by atoms with Gasteiger partial charge in [0.1, 0.15) is 0 Å². The van der Waals surface area contributed by atoms with E-state index in [-0.39, 0.29) is 12.1 Å². The number of hydrogen-bond acceptors (Lipinski definition) is 6. The average molecular weight is 399 g/mol. The molecule has 1 aromatic heterocycles. The van der Waals surface area contributed by atoms with Gasteiger partial charge in [0, 0.05) is 52.4 Å². The predicted octanol–water partition coefficient (Wildman–Crippen LogP) is 0.129. The Labute approximate surface area is 166 Å². The molecular formula is C16H30N8S2. The summed E-state index contributed by atoms with van der Waals surface area (Å²) in [5, 5.41) is 16.0. The molecule has 0 aliphatic heterocycles. The highest BCUT2D eigenvalue weighted by Gasteiger charge is 2.12. The third-order valence-electron chi connectivity index (χ3n) is 4.19. The van der Waals surface area contributed by atoms with Crippen LogP contribution in [0.1, 0.15) is 37.2 Å². The molecule has 0 aliphatic carbocycles. The molecule has 0 aromatic carbocycles. The van der Waals surface area contributed by atoms with Gasteiger partial charge in [0.25, 0.3) is 0 Å². The first kappa shape index (κ1) is 22.4. The van der Waals surface area contributed by atoms with E-state index in [0.717, 1.165) is 37.4 Å². The number of aromatic nitrogens is 2. The van der Waals surface area contributed by atoms with Gasteiger partial charge >= 0.3 is 0 Å². The second-order valence-corrected chi connectivity index (χ2v) is 7.12. The van der Waals surface area contributed by atoms with Gasteiger partial charge in [0.2, 0.25) is 0 Å². The molecule has 0 fully saturated rings. The van der Waals surface area contributed by atoms with Crippen LogP contribution >= 0.6 is 24.4 Å². The fraction of sp³-hybridized carbons (Fsp3) is 0.625. The number of nitrogens with two attached hydrogens (primary N) is 2. The standard InChI is InChI=1S/C16H30N8S2/c1-11(19-5-7-23(3)15(17)25)13-9-14(22-21-10-13)12(2)20-6-8-24(4)16(18)26/h9-12,19-20H,5-8H2,1-4H3,(H2,17,25)(H2,18,26). The van der Waals surface area contributed by atoms with Crippen molar-refractivity contribution in [2.24, 2.45) is 11.5 Å². The van der Waals surface area contributed by atoms with Gasteiger partial charge in [0.05, 0.1) is 11.9 Å². The van der Waals surface area contributed by atoms with Crippen LogP contribution < -0.4 is 22.1 Å². The van der Waals surface area contributed by atoms with Gasteiger partial charge in [-0.05, 0) is 49.9 Å². The molecule has 0 amide bonds. The summed E-state index contributed by atoms with van der Waals surface area (Å²) < 4.78 is 0. The van der Waals surface area contributed by atoms with Crippen molar-refractivity contribution < 1.29 is 0 Å². The Balaban J connectivity index is 2.52. The molecule has 2 atom stereocenters. The van der Waals surface area contributed by atoms with Gasteiger partial charge in [-0.25, -0.2) is 0 Å². The van der Waals surface area contributed by atoms with Crippen LogP contribution in [0.25, 0.3) is 0 Å². The van der Waals surface area contributed by atoms with E-state index in [1.165, 1.54) is 0 Å². The van der Waals surface area contributed by atoms with Gasteiger partial charge in [-0.15, -0.1) is 0 Å². The molecule has 26 heavy (non-hydrogen) atoms. The average Bonchev–Trinajstić information content (AvgIpc) is 2.61. The largest absolute Gasteiger partial charge is 0.376 e. The number of nitrogens with one attached hydrogen (secondary N) is 2. The molecule has 1 heterocycles. The van der Waals surface area contributed by atoms with Crippen molar-refractivity contribution in [3.63, 3.8) is 0 Å².